The van der Waals surface area contributed by atoms with Gasteiger partial charge in [0.15, 0.2) is 0 Å². The highest BCUT2D eigenvalue weighted by Crippen LogP contribution is 2.40. The predicted octanol–water partition coefficient (Wildman–Crippen LogP) is 8.64. The molecule has 0 spiro atoms. The zero-order valence-corrected chi connectivity index (χ0v) is 29.6. The van der Waals surface area contributed by atoms with Crippen molar-refractivity contribution in [3.8, 4) is 16.9 Å². The van der Waals surface area contributed by atoms with E-state index in [2.05, 4.69) is 77.1 Å². The third-order valence-electron chi connectivity index (χ3n) is 7.15. The average molecular weight is 660 g/mol. The Balaban J connectivity index is 0.00000226. The molecule has 0 amide bonds. The van der Waals surface area contributed by atoms with E-state index in [0.29, 0.717) is 26.4 Å². The molecule has 248 valence electrons. The number of aromatic nitrogens is 2. The van der Waals surface area contributed by atoms with E-state index in [1.807, 2.05) is 37.7 Å². The molecular formula is C35H50ClN3O5S. The number of hydrogen-bond acceptors (Lipinski definition) is 7. The van der Waals surface area contributed by atoms with Crippen molar-refractivity contribution in [3.05, 3.63) is 69.5 Å². The Morgan fingerprint density at radius 1 is 1.07 bits per heavy atom. The summed E-state index contributed by atoms with van der Waals surface area (Å²) in [5.74, 6) is 0.866. The van der Waals surface area contributed by atoms with Gasteiger partial charge in [0.25, 0.3) is 6.47 Å². The van der Waals surface area contributed by atoms with Crippen molar-refractivity contribution >= 4 is 42.2 Å². The minimum absolute atomic E-state index is 0.0108. The largest absolute Gasteiger partial charge is 0.494 e. The molecule has 0 aliphatic heterocycles. The molecule has 3 rings (SSSR count). The van der Waals surface area contributed by atoms with Crippen LogP contribution in [0.4, 0.5) is 5.69 Å². The molecule has 2 aromatic carbocycles. The Morgan fingerprint density at radius 3 is 2.31 bits per heavy atom. The van der Waals surface area contributed by atoms with Crippen molar-refractivity contribution in [2.24, 2.45) is 12.5 Å². The SMILES string of the molecule is Cc1cc(OCCC/C(=C\C(C)(C)C)c2cccc(-c3c(C)nn(C)c3C)c2NCCCOCCOS)cc(C)c1Cl.O=CO. The van der Waals surface area contributed by atoms with Crippen LogP contribution in [-0.4, -0.2) is 54.3 Å². The molecule has 0 aliphatic rings. The summed E-state index contributed by atoms with van der Waals surface area (Å²) >= 11 is 10.1. The topological polar surface area (TPSA) is 94.8 Å². The van der Waals surface area contributed by atoms with Crippen molar-refractivity contribution < 1.29 is 23.6 Å². The number of ether oxygens (including phenoxy) is 2. The Kier molecular flexibility index (Phi) is 16.0. The molecule has 8 nitrogen and oxygen atoms in total. The molecule has 0 saturated heterocycles. The molecule has 0 aliphatic carbocycles. The van der Waals surface area contributed by atoms with Crippen molar-refractivity contribution in [3.63, 3.8) is 0 Å². The number of benzene rings is 2. The summed E-state index contributed by atoms with van der Waals surface area (Å²) in [6.45, 7) is 17.8. The van der Waals surface area contributed by atoms with Crippen LogP contribution in [0, 0.1) is 33.1 Å². The highest BCUT2D eigenvalue weighted by Gasteiger charge is 2.20. The van der Waals surface area contributed by atoms with E-state index >= 15 is 0 Å². The number of carbonyl (C=O) groups is 1. The Labute approximate surface area is 279 Å². The van der Waals surface area contributed by atoms with Crippen molar-refractivity contribution in [2.45, 2.75) is 67.7 Å². The lowest BCUT2D eigenvalue weighted by molar-refractivity contribution is -0.122. The summed E-state index contributed by atoms with van der Waals surface area (Å²) in [4.78, 5) is 8.36. The molecule has 0 saturated carbocycles. The molecule has 0 bridgehead atoms. The minimum Gasteiger partial charge on any atom is -0.494 e. The Bertz CT molecular complexity index is 1390. The normalized spacial score (nSPS) is 11.6. The number of hydrogen-bond donors (Lipinski definition) is 3. The van der Waals surface area contributed by atoms with E-state index in [4.69, 9.17) is 40.3 Å². The van der Waals surface area contributed by atoms with Gasteiger partial charge >= 0.3 is 0 Å². The first kappa shape index (κ1) is 38.2. The van der Waals surface area contributed by atoms with E-state index in [1.165, 1.54) is 22.3 Å². The van der Waals surface area contributed by atoms with Gasteiger partial charge in [0.2, 0.25) is 0 Å². The number of para-hydroxylation sites is 1. The smallest absolute Gasteiger partial charge is 0.290 e. The molecule has 3 aromatic rings. The second-order valence-electron chi connectivity index (χ2n) is 12.1. The Morgan fingerprint density at radius 2 is 1.73 bits per heavy atom. The maximum absolute atomic E-state index is 8.36. The molecule has 2 N–H and O–H groups in total. The molecule has 10 heteroatoms. The van der Waals surface area contributed by atoms with Gasteiger partial charge in [-0.25, -0.2) is 0 Å². The van der Waals surface area contributed by atoms with Crippen LogP contribution in [0.25, 0.3) is 16.7 Å². The van der Waals surface area contributed by atoms with Crippen LogP contribution >= 0.6 is 24.5 Å². The maximum Gasteiger partial charge on any atom is 0.290 e. The fourth-order valence-electron chi connectivity index (χ4n) is 5.22. The summed E-state index contributed by atoms with van der Waals surface area (Å²) in [5.41, 5.74) is 10.3. The van der Waals surface area contributed by atoms with Gasteiger partial charge < -0.3 is 24.1 Å². The van der Waals surface area contributed by atoms with Crippen molar-refractivity contribution in [2.75, 3.05) is 38.3 Å². The van der Waals surface area contributed by atoms with Gasteiger partial charge in [-0.15, -0.1) is 0 Å². The molecule has 0 unspecified atom stereocenters. The molecule has 0 atom stereocenters. The van der Waals surface area contributed by atoms with Crippen molar-refractivity contribution in [1.82, 2.24) is 9.78 Å². The number of halogens is 1. The highest BCUT2D eigenvalue weighted by molar-refractivity contribution is 7.75. The lowest BCUT2D eigenvalue weighted by Crippen LogP contribution is -2.11. The number of allylic oxidation sites excluding steroid dienone is 2. The predicted molar refractivity (Wildman–Crippen MR) is 189 cm³/mol. The lowest BCUT2D eigenvalue weighted by Gasteiger charge is -2.22. The quantitative estimate of drug-likeness (QED) is 0.0651. The van der Waals surface area contributed by atoms with Gasteiger partial charge in [0.05, 0.1) is 25.5 Å². The second kappa shape index (κ2) is 18.9. The number of rotatable bonds is 15. The summed E-state index contributed by atoms with van der Waals surface area (Å²) in [7, 11) is 2.00. The van der Waals surface area contributed by atoms with E-state index in [-0.39, 0.29) is 11.9 Å². The van der Waals surface area contributed by atoms with Gasteiger partial charge in [-0.2, -0.15) is 5.10 Å². The first-order chi connectivity index (χ1) is 21.3. The fourth-order valence-corrected chi connectivity index (χ4v) is 5.40. The van der Waals surface area contributed by atoms with E-state index in [0.717, 1.165) is 64.8 Å². The van der Waals surface area contributed by atoms with Crippen molar-refractivity contribution in [1.29, 1.82) is 0 Å². The number of nitrogens with zero attached hydrogens (tertiary/aromatic N) is 2. The number of anilines is 1. The zero-order valence-electron chi connectivity index (χ0n) is 28.0. The third-order valence-corrected chi connectivity index (χ3v) is 7.93. The fraction of sp³-hybridized carbons (Fsp3) is 0.486. The van der Waals surface area contributed by atoms with Gasteiger partial charge in [0.1, 0.15) is 5.75 Å². The van der Waals surface area contributed by atoms with Crippen LogP contribution in [0.15, 0.2) is 36.4 Å². The van der Waals surface area contributed by atoms with Gasteiger partial charge in [-0.05, 0) is 94.1 Å². The summed E-state index contributed by atoms with van der Waals surface area (Å²) in [6.07, 6.45) is 5.05. The molecule has 1 heterocycles. The molecule has 45 heavy (non-hydrogen) atoms. The van der Waals surface area contributed by atoms with Gasteiger partial charge in [0, 0.05) is 53.3 Å². The van der Waals surface area contributed by atoms with Crippen LogP contribution in [0.3, 0.4) is 0 Å². The number of aryl methyl sites for hydroxylation is 4. The standard InChI is InChI=1S/C34H48ClN3O3S.CH2O2/c1-23-20-28(21-24(2)32(23)35)40-17-10-12-27(22-34(5,6)7)29-13-9-14-30(31-25(3)37-38(8)26(31)4)33(29)36-15-11-16-39-18-19-41-42;2-1-3/h9,13-14,20-22,36,42H,10-12,15-19H2,1-8H3;1H,(H,2,3)/b27-22+;. The van der Waals surface area contributed by atoms with Crippen LogP contribution in [-0.2, 0) is 20.8 Å². The van der Waals surface area contributed by atoms with Crippen LogP contribution < -0.4 is 10.1 Å². The zero-order chi connectivity index (χ0) is 33.6. The van der Waals surface area contributed by atoms with Crippen LogP contribution in [0.1, 0.15) is 68.1 Å². The molecule has 0 radical (unpaired) electrons. The summed E-state index contributed by atoms with van der Waals surface area (Å²) < 4.78 is 18.6. The van der Waals surface area contributed by atoms with E-state index in [9.17, 15) is 0 Å². The number of thiol groups is 1. The molecule has 0 fully saturated rings. The monoisotopic (exact) mass is 659 g/mol. The van der Waals surface area contributed by atoms with Crippen LogP contribution in [0.2, 0.25) is 5.02 Å². The lowest BCUT2D eigenvalue weighted by atomic mass is 9.87. The number of nitrogens with one attached hydrogen (secondary N) is 1. The second-order valence-corrected chi connectivity index (χ2v) is 12.7. The third kappa shape index (κ3) is 12.0. The maximum atomic E-state index is 8.36. The minimum atomic E-state index is -0.250. The molecular weight excluding hydrogens is 610 g/mol. The van der Waals surface area contributed by atoms with Gasteiger partial charge in [-0.1, -0.05) is 56.6 Å². The number of carboxylic acid groups (broad SMARTS) is 1. The van der Waals surface area contributed by atoms with E-state index in [1.54, 1.807) is 0 Å². The highest BCUT2D eigenvalue weighted by atomic mass is 35.5. The molecule has 1 aromatic heterocycles. The summed E-state index contributed by atoms with van der Waals surface area (Å²) in [6, 6.07) is 10.6. The first-order valence-corrected chi connectivity index (χ1v) is 16.0. The first-order valence-electron chi connectivity index (χ1n) is 15.3. The Hall–Kier alpha value is -2.98. The van der Waals surface area contributed by atoms with Gasteiger partial charge in [-0.3, -0.25) is 9.48 Å². The average Bonchev–Trinajstić information content (AvgIpc) is 3.22. The van der Waals surface area contributed by atoms with E-state index < -0.39 is 0 Å². The van der Waals surface area contributed by atoms with Crippen LogP contribution in [0.5, 0.6) is 5.75 Å². The summed E-state index contributed by atoms with van der Waals surface area (Å²) in [5, 5.41) is 16.2.